The second kappa shape index (κ2) is 4.87. The van der Waals surface area contributed by atoms with Crippen LogP contribution in [0.1, 0.15) is 46.0 Å². The van der Waals surface area contributed by atoms with Gasteiger partial charge in [0, 0.05) is 18.6 Å². The van der Waals surface area contributed by atoms with E-state index in [9.17, 15) is 5.11 Å². The fourth-order valence-corrected chi connectivity index (χ4v) is 3.95. The first-order valence-corrected chi connectivity index (χ1v) is 7.04. The molecule has 1 heterocycles. The van der Waals surface area contributed by atoms with Gasteiger partial charge in [-0.05, 0) is 43.9 Å². The van der Waals surface area contributed by atoms with E-state index in [0.29, 0.717) is 19.1 Å². The first kappa shape index (κ1) is 13.3. The summed E-state index contributed by atoms with van der Waals surface area (Å²) in [5, 5.41) is 11.2. The fraction of sp³-hybridized carbons (Fsp3) is 1.00. The van der Waals surface area contributed by atoms with Crippen LogP contribution in [0.25, 0.3) is 0 Å². The third-order valence-corrected chi connectivity index (χ3v) is 5.22. The lowest BCUT2D eigenvalue weighted by molar-refractivity contribution is -0.187. The summed E-state index contributed by atoms with van der Waals surface area (Å²) in [6.45, 7) is 6.47. The van der Waals surface area contributed by atoms with Crippen molar-refractivity contribution in [2.24, 2.45) is 23.0 Å². The molecule has 3 heteroatoms. The average Bonchev–Trinajstić information content (AvgIpc) is 2.35. The lowest BCUT2D eigenvalue weighted by Crippen LogP contribution is -2.61. The third kappa shape index (κ3) is 2.13. The van der Waals surface area contributed by atoms with Gasteiger partial charge in [-0.15, -0.1) is 0 Å². The summed E-state index contributed by atoms with van der Waals surface area (Å²) in [4.78, 5) is 0. The van der Waals surface area contributed by atoms with Gasteiger partial charge in [-0.2, -0.15) is 0 Å². The maximum atomic E-state index is 11.2. The summed E-state index contributed by atoms with van der Waals surface area (Å²) >= 11 is 0. The van der Waals surface area contributed by atoms with Gasteiger partial charge in [-0.25, -0.2) is 0 Å². The Morgan fingerprint density at radius 2 is 2.12 bits per heavy atom. The zero-order valence-corrected chi connectivity index (χ0v) is 11.2. The molecule has 17 heavy (non-hydrogen) atoms. The van der Waals surface area contributed by atoms with Crippen molar-refractivity contribution in [3.05, 3.63) is 0 Å². The molecule has 0 amide bonds. The van der Waals surface area contributed by atoms with Gasteiger partial charge >= 0.3 is 0 Å². The summed E-state index contributed by atoms with van der Waals surface area (Å²) in [7, 11) is 0. The lowest BCUT2D eigenvalue weighted by Gasteiger charge is -2.54. The summed E-state index contributed by atoms with van der Waals surface area (Å²) in [5.41, 5.74) is 5.19. The molecule has 4 atom stereocenters. The van der Waals surface area contributed by atoms with E-state index in [2.05, 4.69) is 13.8 Å². The number of hydrogen-bond acceptors (Lipinski definition) is 3. The van der Waals surface area contributed by atoms with Gasteiger partial charge in [-0.1, -0.05) is 13.8 Å². The minimum absolute atomic E-state index is 0.204. The van der Waals surface area contributed by atoms with Gasteiger partial charge in [0.25, 0.3) is 0 Å². The van der Waals surface area contributed by atoms with Gasteiger partial charge in [0.2, 0.25) is 0 Å². The molecule has 1 aliphatic carbocycles. The highest BCUT2D eigenvalue weighted by atomic mass is 16.5. The van der Waals surface area contributed by atoms with Crippen molar-refractivity contribution in [2.75, 3.05) is 19.8 Å². The molecule has 3 nitrogen and oxygen atoms in total. The molecule has 1 aliphatic heterocycles. The van der Waals surface area contributed by atoms with Crippen LogP contribution in [-0.2, 0) is 4.74 Å². The molecule has 2 fully saturated rings. The molecule has 2 aliphatic rings. The van der Waals surface area contributed by atoms with Crippen LogP contribution in [0.5, 0.6) is 0 Å². The topological polar surface area (TPSA) is 55.5 Å². The third-order valence-electron chi connectivity index (χ3n) is 5.22. The van der Waals surface area contributed by atoms with Crippen LogP contribution in [-0.4, -0.2) is 30.5 Å². The smallest absolute Gasteiger partial charge is 0.0763 e. The van der Waals surface area contributed by atoms with E-state index in [1.807, 2.05) is 0 Å². The molecule has 0 aromatic carbocycles. The Bertz CT molecular complexity index is 263. The predicted octanol–water partition coefficient (Wildman–Crippen LogP) is 1.93. The van der Waals surface area contributed by atoms with Crippen LogP contribution in [0.3, 0.4) is 0 Å². The monoisotopic (exact) mass is 241 g/mol. The van der Waals surface area contributed by atoms with E-state index in [-0.39, 0.29) is 5.41 Å². The number of ether oxygens (including phenoxy) is 1. The maximum Gasteiger partial charge on any atom is 0.0763 e. The molecular formula is C14H27NO2. The summed E-state index contributed by atoms with van der Waals surface area (Å²) in [5.74, 6) is 1.06. The summed E-state index contributed by atoms with van der Waals surface area (Å²) in [6, 6.07) is 0. The predicted molar refractivity (Wildman–Crippen MR) is 68.7 cm³/mol. The average molecular weight is 241 g/mol. The zero-order valence-electron chi connectivity index (χ0n) is 11.2. The van der Waals surface area contributed by atoms with Gasteiger partial charge in [-0.3, -0.25) is 0 Å². The number of hydrogen-bond donors (Lipinski definition) is 2. The van der Waals surface area contributed by atoms with Gasteiger partial charge < -0.3 is 15.6 Å². The first-order chi connectivity index (χ1) is 8.04. The standard InChI is InChI=1S/C14H27NO2/c1-11-4-6-14(16,12(2)8-11)13(9-15)5-3-7-17-10-13/h11-12,16H,3-10,15H2,1-2H3. The van der Waals surface area contributed by atoms with E-state index >= 15 is 0 Å². The van der Waals surface area contributed by atoms with Crippen molar-refractivity contribution in [1.29, 1.82) is 0 Å². The lowest BCUT2D eigenvalue weighted by atomic mass is 9.57. The molecule has 3 N–H and O–H groups in total. The van der Waals surface area contributed by atoms with Crippen molar-refractivity contribution in [3.8, 4) is 0 Å². The van der Waals surface area contributed by atoms with Crippen LogP contribution in [0.2, 0.25) is 0 Å². The Balaban J connectivity index is 2.22. The van der Waals surface area contributed by atoms with E-state index < -0.39 is 5.60 Å². The van der Waals surface area contributed by atoms with E-state index in [0.717, 1.165) is 44.6 Å². The Morgan fingerprint density at radius 3 is 2.65 bits per heavy atom. The Hall–Kier alpha value is -0.120. The second-order valence-corrected chi connectivity index (χ2v) is 6.35. The minimum Gasteiger partial charge on any atom is -0.389 e. The maximum absolute atomic E-state index is 11.2. The number of aliphatic hydroxyl groups is 1. The molecule has 0 aromatic heterocycles. The normalized spacial score (nSPS) is 48.0. The molecule has 0 bridgehead atoms. The van der Waals surface area contributed by atoms with Gasteiger partial charge in [0.05, 0.1) is 12.2 Å². The largest absolute Gasteiger partial charge is 0.389 e. The van der Waals surface area contributed by atoms with Crippen molar-refractivity contribution >= 4 is 0 Å². The molecule has 1 saturated carbocycles. The zero-order chi connectivity index (χ0) is 12.5. The number of nitrogens with two attached hydrogens (primary N) is 1. The van der Waals surface area contributed by atoms with Crippen molar-refractivity contribution in [3.63, 3.8) is 0 Å². The van der Waals surface area contributed by atoms with Crippen LogP contribution >= 0.6 is 0 Å². The molecule has 1 saturated heterocycles. The van der Waals surface area contributed by atoms with Crippen LogP contribution in [0, 0.1) is 17.3 Å². The molecule has 0 spiro atoms. The molecule has 0 radical (unpaired) electrons. The summed E-state index contributed by atoms with van der Waals surface area (Å²) < 4.78 is 5.63. The van der Waals surface area contributed by atoms with Crippen molar-refractivity contribution in [2.45, 2.75) is 51.6 Å². The highest BCUT2D eigenvalue weighted by Crippen LogP contribution is 2.50. The highest BCUT2D eigenvalue weighted by Gasteiger charge is 2.54. The van der Waals surface area contributed by atoms with Gasteiger partial charge in [0.15, 0.2) is 0 Å². The molecule has 4 unspecified atom stereocenters. The quantitative estimate of drug-likeness (QED) is 0.776. The molecular weight excluding hydrogens is 214 g/mol. The van der Waals surface area contributed by atoms with E-state index in [1.54, 1.807) is 0 Å². The Labute approximate surface area is 105 Å². The molecule has 100 valence electrons. The Kier molecular flexibility index (Phi) is 3.81. The van der Waals surface area contributed by atoms with E-state index in [4.69, 9.17) is 10.5 Å². The second-order valence-electron chi connectivity index (χ2n) is 6.35. The first-order valence-electron chi connectivity index (χ1n) is 7.04. The highest BCUT2D eigenvalue weighted by molar-refractivity contribution is 5.05. The number of rotatable bonds is 2. The molecule has 0 aromatic rings. The van der Waals surface area contributed by atoms with Crippen LogP contribution in [0.15, 0.2) is 0 Å². The minimum atomic E-state index is -0.616. The Morgan fingerprint density at radius 1 is 1.35 bits per heavy atom. The van der Waals surface area contributed by atoms with Gasteiger partial charge in [0.1, 0.15) is 0 Å². The fourth-order valence-electron chi connectivity index (χ4n) is 3.95. The van der Waals surface area contributed by atoms with Crippen molar-refractivity contribution in [1.82, 2.24) is 0 Å². The SMILES string of the molecule is CC1CCC(O)(C2(CN)CCCOC2)C(C)C1. The molecule has 2 rings (SSSR count). The summed E-state index contributed by atoms with van der Waals surface area (Å²) in [6.07, 6.45) is 5.15. The van der Waals surface area contributed by atoms with Crippen LogP contribution < -0.4 is 5.73 Å². The van der Waals surface area contributed by atoms with Crippen LogP contribution in [0.4, 0.5) is 0 Å². The van der Waals surface area contributed by atoms with E-state index in [1.165, 1.54) is 0 Å². The van der Waals surface area contributed by atoms with Crippen molar-refractivity contribution < 1.29 is 9.84 Å².